The van der Waals surface area contributed by atoms with E-state index in [2.05, 4.69) is 6.58 Å². The van der Waals surface area contributed by atoms with Gasteiger partial charge in [0.15, 0.2) is 0 Å². The maximum Gasteiger partial charge on any atom is 0.120 e. The quantitative estimate of drug-likeness (QED) is 0.462. The molecular weight excluding hydrogens is 128 g/mol. The van der Waals surface area contributed by atoms with Crippen LogP contribution < -0.4 is 0 Å². The Labute approximate surface area is 61.6 Å². The molecule has 0 heterocycles. The molecule has 0 bridgehead atoms. The second kappa shape index (κ2) is 5.18. The highest BCUT2D eigenvalue weighted by Crippen LogP contribution is 2.09. The van der Waals surface area contributed by atoms with Gasteiger partial charge in [0.1, 0.15) is 6.29 Å². The van der Waals surface area contributed by atoms with E-state index < -0.39 is 6.10 Å². The lowest BCUT2D eigenvalue weighted by molar-refractivity contribution is -0.109. The van der Waals surface area contributed by atoms with Crippen molar-refractivity contribution in [3.63, 3.8) is 0 Å². The highest BCUT2D eigenvalue weighted by Gasteiger charge is 2.10. The Kier molecular flexibility index (Phi) is 4.85. The van der Waals surface area contributed by atoms with E-state index in [0.29, 0.717) is 12.8 Å². The number of rotatable bonds is 5. The van der Waals surface area contributed by atoms with E-state index in [1.54, 1.807) is 6.08 Å². The normalized spacial score (nSPS) is 15.8. The standard InChI is InChI=1S/C8H14O2/c1-3-4-8(10)7(2)5-6-9/h3,6-8,10H,1,4-5H2,2H3. The third-order valence-corrected chi connectivity index (χ3v) is 1.53. The van der Waals surface area contributed by atoms with Crippen LogP contribution in [0.4, 0.5) is 0 Å². The summed E-state index contributed by atoms with van der Waals surface area (Å²) in [6.07, 6.45) is 3.06. The maximum atomic E-state index is 9.99. The van der Waals surface area contributed by atoms with Crippen LogP contribution in [0.3, 0.4) is 0 Å². The average Bonchev–Trinajstić information content (AvgIpc) is 1.89. The van der Waals surface area contributed by atoms with Gasteiger partial charge in [-0.15, -0.1) is 6.58 Å². The van der Waals surface area contributed by atoms with Crippen molar-refractivity contribution >= 4 is 6.29 Å². The van der Waals surface area contributed by atoms with Crippen molar-refractivity contribution in [1.29, 1.82) is 0 Å². The fourth-order valence-electron chi connectivity index (χ4n) is 0.712. The zero-order valence-corrected chi connectivity index (χ0v) is 6.29. The van der Waals surface area contributed by atoms with Gasteiger partial charge in [-0.25, -0.2) is 0 Å². The van der Waals surface area contributed by atoms with Gasteiger partial charge in [0.2, 0.25) is 0 Å². The summed E-state index contributed by atoms with van der Waals surface area (Å²) in [4.78, 5) is 9.99. The topological polar surface area (TPSA) is 37.3 Å². The Hall–Kier alpha value is -0.630. The molecule has 0 saturated carbocycles. The predicted octanol–water partition coefficient (Wildman–Crippen LogP) is 1.15. The van der Waals surface area contributed by atoms with E-state index in [4.69, 9.17) is 0 Å². The molecule has 0 saturated heterocycles. The molecule has 0 radical (unpaired) electrons. The van der Waals surface area contributed by atoms with Gasteiger partial charge in [0.05, 0.1) is 6.10 Å². The molecule has 1 N–H and O–H groups in total. The monoisotopic (exact) mass is 142 g/mol. The summed E-state index contributed by atoms with van der Waals surface area (Å²) in [5.41, 5.74) is 0. The number of carbonyl (C=O) groups is 1. The fraction of sp³-hybridized carbons (Fsp3) is 0.625. The first-order valence-corrected chi connectivity index (χ1v) is 3.45. The number of carbonyl (C=O) groups excluding carboxylic acids is 1. The first-order valence-electron chi connectivity index (χ1n) is 3.45. The Morgan fingerprint density at radius 3 is 2.60 bits per heavy atom. The van der Waals surface area contributed by atoms with Gasteiger partial charge >= 0.3 is 0 Å². The van der Waals surface area contributed by atoms with Crippen LogP contribution in [0.2, 0.25) is 0 Å². The van der Waals surface area contributed by atoms with Gasteiger partial charge in [-0.1, -0.05) is 13.0 Å². The van der Waals surface area contributed by atoms with Gasteiger partial charge < -0.3 is 9.90 Å². The van der Waals surface area contributed by atoms with Crippen LogP contribution in [0.25, 0.3) is 0 Å². The molecule has 2 nitrogen and oxygen atoms in total. The number of aliphatic hydroxyl groups is 1. The second-order valence-corrected chi connectivity index (χ2v) is 2.47. The minimum Gasteiger partial charge on any atom is -0.393 e. The summed E-state index contributed by atoms with van der Waals surface area (Å²) < 4.78 is 0. The van der Waals surface area contributed by atoms with Gasteiger partial charge in [-0.3, -0.25) is 0 Å². The highest BCUT2D eigenvalue weighted by molar-refractivity contribution is 5.49. The molecule has 0 aliphatic carbocycles. The molecule has 0 rings (SSSR count). The Balaban J connectivity index is 3.56. The third-order valence-electron chi connectivity index (χ3n) is 1.53. The number of hydrogen-bond donors (Lipinski definition) is 1. The zero-order valence-electron chi connectivity index (χ0n) is 6.29. The van der Waals surface area contributed by atoms with Crippen LogP contribution in [0.5, 0.6) is 0 Å². The van der Waals surface area contributed by atoms with Crippen LogP contribution in [0, 0.1) is 5.92 Å². The van der Waals surface area contributed by atoms with E-state index >= 15 is 0 Å². The number of hydrogen-bond acceptors (Lipinski definition) is 2. The Morgan fingerprint density at radius 2 is 2.20 bits per heavy atom. The fourth-order valence-corrected chi connectivity index (χ4v) is 0.712. The molecule has 0 aliphatic heterocycles. The van der Waals surface area contributed by atoms with Gasteiger partial charge in [0.25, 0.3) is 0 Å². The van der Waals surface area contributed by atoms with E-state index in [1.165, 1.54) is 0 Å². The van der Waals surface area contributed by atoms with Crippen LogP contribution >= 0.6 is 0 Å². The first kappa shape index (κ1) is 9.37. The SMILES string of the molecule is C=CCC(O)C(C)CC=O. The molecule has 0 amide bonds. The summed E-state index contributed by atoms with van der Waals surface area (Å²) in [6, 6.07) is 0. The summed E-state index contributed by atoms with van der Waals surface area (Å²) in [6.45, 7) is 5.34. The van der Waals surface area contributed by atoms with Crippen molar-refractivity contribution in [2.24, 2.45) is 5.92 Å². The summed E-state index contributed by atoms with van der Waals surface area (Å²) in [7, 11) is 0. The van der Waals surface area contributed by atoms with Crippen molar-refractivity contribution in [2.75, 3.05) is 0 Å². The highest BCUT2D eigenvalue weighted by atomic mass is 16.3. The van der Waals surface area contributed by atoms with E-state index in [9.17, 15) is 9.90 Å². The van der Waals surface area contributed by atoms with E-state index in [0.717, 1.165) is 6.29 Å². The molecule has 0 aliphatic rings. The van der Waals surface area contributed by atoms with Crippen molar-refractivity contribution in [3.8, 4) is 0 Å². The van der Waals surface area contributed by atoms with Gasteiger partial charge in [-0.05, 0) is 12.3 Å². The molecule has 0 spiro atoms. The average molecular weight is 142 g/mol. The molecule has 58 valence electrons. The summed E-state index contributed by atoms with van der Waals surface area (Å²) in [5.74, 6) is 0.0514. The Bertz CT molecular complexity index is 95.8. The lowest BCUT2D eigenvalue weighted by Crippen LogP contribution is -2.16. The predicted molar refractivity (Wildman–Crippen MR) is 40.7 cm³/mol. The van der Waals surface area contributed by atoms with Crippen molar-refractivity contribution in [3.05, 3.63) is 12.7 Å². The van der Waals surface area contributed by atoms with Crippen LogP contribution in [-0.2, 0) is 4.79 Å². The molecule has 0 fully saturated rings. The van der Waals surface area contributed by atoms with E-state index in [1.807, 2.05) is 6.92 Å². The number of aliphatic hydroxyl groups excluding tert-OH is 1. The molecule has 0 aromatic heterocycles. The molecule has 0 aromatic rings. The Morgan fingerprint density at radius 1 is 1.60 bits per heavy atom. The van der Waals surface area contributed by atoms with Crippen molar-refractivity contribution in [2.45, 2.75) is 25.9 Å². The summed E-state index contributed by atoms with van der Waals surface area (Å²) in [5, 5.41) is 9.22. The molecule has 2 atom stereocenters. The van der Waals surface area contributed by atoms with Crippen molar-refractivity contribution in [1.82, 2.24) is 0 Å². The largest absolute Gasteiger partial charge is 0.393 e. The summed E-state index contributed by atoms with van der Waals surface area (Å²) >= 11 is 0. The van der Waals surface area contributed by atoms with Gasteiger partial charge in [-0.2, -0.15) is 0 Å². The molecule has 0 aromatic carbocycles. The van der Waals surface area contributed by atoms with Crippen molar-refractivity contribution < 1.29 is 9.90 Å². The molecule has 2 heteroatoms. The van der Waals surface area contributed by atoms with Gasteiger partial charge in [0, 0.05) is 6.42 Å². The van der Waals surface area contributed by atoms with Crippen LogP contribution in [-0.4, -0.2) is 17.5 Å². The molecular formula is C8H14O2. The second-order valence-electron chi connectivity index (χ2n) is 2.47. The van der Waals surface area contributed by atoms with Crippen LogP contribution in [0.15, 0.2) is 12.7 Å². The molecule has 10 heavy (non-hydrogen) atoms. The zero-order chi connectivity index (χ0) is 7.98. The van der Waals surface area contributed by atoms with Crippen LogP contribution in [0.1, 0.15) is 19.8 Å². The third kappa shape index (κ3) is 3.41. The lowest BCUT2D eigenvalue weighted by atomic mass is 9.99. The molecule has 2 unspecified atom stereocenters. The maximum absolute atomic E-state index is 9.99. The minimum atomic E-state index is -0.414. The number of aldehydes is 1. The lowest BCUT2D eigenvalue weighted by Gasteiger charge is -2.13. The smallest absolute Gasteiger partial charge is 0.120 e. The van der Waals surface area contributed by atoms with E-state index in [-0.39, 0.29) is 5.92 Å². The minimum absolute atomic E-state index is 0.0514. The first-order chi connectivity index (χ1) is 4.72.